The molecule has 0 bridgehead atoms. The number of carbonyl (C=O) groups excluding carboxylic acids is 2. The van der Waals surface area contributed by atoms with E-state index < -0.39 is 5.97 Å². The topological polar surface area (TPSA) is 100 Å². The lowest BCUT2D eigenvalue weighted by Crippen LogP contribution is -2.22. The largest absolute Gasteiger partial charge is 0.488 e. The van der Waals surface area contributed by atoms with Crippen molar-refractivity contribution in [3.05, 3.63) is 41.9 Å². The standard InChI is InChI=1S/C19H23N3O6/c1-12(11-25-4)27-14-6-13(19(24)26-5)7-15(8-14)28-17-10-20-16(9-21-17)18(23)22(2)3/h6-10,12H,11H2,1-5H3/t12-/m0/s1. The zero-order valence-electron chi connectivity index (χ0n) is 16.5. The van der Waals surface area contributed by atoms with Crippen LogP contribution in [-0.2, 0) is 9.47 Å². The average molecular weight is 389 g/mol. The zero-order chi connectivity index (χ0) is 20.7. The van der Waals surface area contributed by atoms with E-state index in [1.165, 1.54) is 30.5 Å². The molecule has 2 rings (SSSR count). The van der Waals surface area contributed by atoms with Gasteiger partial charge in [-0.15, -0.1) is 0 Å². The quantitative estimate of drug-likeness (QED) is 0.633. The number of carbonyl (C=O) groups is 2. The fourth-order valence-electron chi connectivity index (χ4n) is 2.26. The van der Waals surface area contributed by atoms with Crippen molar-refractivity contribution in [3.63, 3.8) is 0 Å². The van der Waals surface area contributed by atoms with Crippen molar-refractivity contribution in [2.75, 3.05) is 34.9 Å². The highest BCUT2D eigenvalue weighted by molar-refractivity contribution is 5.91. The molecular weight excluding hydrogens is 366 g/mol. The molecule has 0 radical (unpaired) electrons. The Morgan fingerprint density at radius 1 is 1.07 bits per heavy atom. The lowest BCUT2D eigenvalue weighted by Gasteiger charge is -2.15. The highest BCUT2D eigenvalue weighted by Crippen LogP contribution is 2.27. The summed E-state index contributed by atoms with van der Waals surface area (Å²) in [5.74, 6) is 0.0776. The molecule has 1 aromatic heterocycles. The van der Waals surface area contributed by atoms with Crippen LogP contribution in [0.25, 0.3) is 0 Å². The minimum atomic E-state index is -0.535. The molecule has 9 nitrogen and oxygen atoms in total. The van der Waals surface area contributed by atoms with Crippen molar-refractivity contribution in [3.8, 4) is 17.4 Å². The van der Waals surface area contributed by atoms with Gasteiger partial charge < -0.3 is 23.8 Å². The summed E-state index contributed by atoms with van der Waals surface area (Å²) in [5.41, 5.74) is 0.449. The van der Waals surface area contributed by atoms with E-state index in [0.29, 0.717) is 18.1 Å². The predicted octanol–water partition coefficient (Wildman–Crippen LogP) is 2.17. The molecule has 2 aromatic rings. The van der Waals surface area contributed by atoms with Crippen LogP contribution >= 0.6 is 0 Å². The highest BCUT2D eigenvalue weighted by atomic mass is 16.5. The van der Waals surface area contributed by atoms with E-state index in [9.17, 15) is 9.59 Å². The second-order valence-electron chi connectivity index (χ2n) is 6.11. The first kappa shape index (κ1) is 21.1. The van der Waals surface area contributed by atoms with Gasteiger partial charge in [0.25, 0.3) is 5.91 Å². The molecule has 0 aliphatic heterocycles. The monoisotopic (exact) mass is 389 g/mol. The van der Waals surface area contributed by atoms with Gasteiger partial charge in [-0.2, -0.15) is 0 Å². The van der Waals surface area contributed by atoms with Crippen LogP contribution in [0, 0.1) is 0 Å². The maximum atomic E-state index is 11.9. The summed E-state index contributed by atoms with van der Waals surface area (Å²) in [6.45, 7) is 2.21. The Morgan fingerprint density at radius 2 is 1.79 bits per heavy atom. The molecule has 9 heteroatoms. The average Bonchev–Trinajstić information content (AvgIpc) is 2.67. The molecule has 0 aliphatic rings. The lowest BCUT2D eigenvalue weighted by molar-refractivity contribution is 0.0598. The molecule has 1 amide bonds. The number of benzene rings is 1. The number of aromatic nitrogens is 2. The summed E-state index contributed by atoms with van der Waals surface area (Å²) in [5, 5.41) is 0. The summed E-state index contributed by atoms with van der Waals surface area (Å²) < 4.78 is 21.2. The second-order valence-corrected chi connectivity index (χ2v) is 6.11. The second kappa shape index (κ2) is 9.65. The third-order valence-electron chi connectivity index (χ3n) is 3.52. The Bertz CT molecular complexity index is 823. The number of amides is 1. The summed E-state index contributed by atoms with van der Waals surface area (Å²) >= 11 is 0. The van der Waals surface area contributed by atoms with E-state index in [-0.39, 0.29) is 29.1 Å². The summed E-state index contributed by atoms with van der Waals surface area (Å²) in [6.07, 6.45) is 2.41. The summed E-state index contributed by atoms with van der Waals surface area (Å²) in [7, 11) is 6.11. The van der Waals surface area contributed by atoms with Crippen molar-refractivity contribution < 1.29 is 28.5 Å². The minimum absolute atomic E-state index is 0.160. The maximum Gasteiger partial charge on any atom is 0.338 e. The van der Waals surface area contributed by atoms with E-state index in [0.717, 1.165) is 0 Å². The fraction of sp³-hybridized carbons (Fsp3) is 0.368. The van der Waals surface area contributed by atoms with Gasteiger partial charge >= 0.3 is 5.97 Å². The molecule has 0 spiro atoms. The van der Waals surface area contributed by atoms with Gasteiger partial charge in [-0.3, -0.25) is 4.79 Å². The van der Waals surface area contributed by atoms with Gasteiger partial charge in [0.1, 0.15) is 23.3 Å². The first-order chi connectivity index (χ1) is 13.3. The van der Waals surface area contributed by atoms with Crippen molar-refractivity contribution in [2.24, 2.45) is 0 Å². The predicted molar refractivity (Wildman–Crippen MR) is 99.9 cm³/mol. The van der Waals surface area contributed by atoms with E-state index in [1.807, 2.05) is 6.92 Å². The molecule has 1 aromatic carbocycles. The van der Waals surface area contributed by atoms with E-state index in [1.54, 1.807) is 33.3 Å². The molecular formula is C19H23N3O6. The van der Waals surface area contributed by atoms with Crippen LogP contribution in [0.2, 0.25) is 0 Å². The number of methoxy groups -OCH3 is 2. The van der Waals surface area contributed by atoms with E-state index in [4.69, 9.17) is 18.9 Å². The molecule has 28 heavy (non-hydrogen) atoms. The Balaban J connectivity index is 2.25. The third kappa shape index (κ3) is 5.65. The Hall–Kier alpha value is -3.20. The Kier molecular flexibility index (Phi) is 7.28. The van der Waals surface area contributed by atoms with Gasteiger partial charge in [0.15, 0.2) is 0 Å². The van der Waals surface area contributed by atoms with Gasteiger partial charge in [-0.1, -0.05) is 0 Å². The first-order valence-electron chi connectivity index (χ1n) is 8.44. The summed E-state index contributed by atoms with van der Waals surface area (Å²) in [4.78, 5) is 33.3. The van der Waals surface area contributed by atoms with E-state index in [2.05, 4.69) is 9.97 Å². The van der Waals surface area contributed by atoms with Crippen molar-refractivity contribution in [1.29, 1.82) is 0 Å². The van der Waals surface area contributed by atoms with Crippen LogP contribution in [0.15, 0.2) is 30.6 Å². The number of ether oxygens (including phenoxy) is 4. The van der Waals surface area contributed by atoms with Gasteiger partial charge in [0.05, 0.1) is 31.7 Å². The van der Waals surface area contributed by atoms with Gasteiger partial charge in [0.2, 0.25) is 5.88 Å². The van der Waals surface area contributed by atoms with Crippen LogP contribution in [-0.4, -0.2) is 67.8 Å². The zero-order valence-corrected chi connectivity index (χ0v) is 16.5. The normalized spacial score (nSPS) is 11.5. The molecule has 1 atom stereocenters. The third-order valence-corrected chi connectivity index (χ3v) is 3.52. The van der Waals surface area contributed by atoms with E-state index >= 15 is 0 Å². The molecule has 0 saturated heterocycles. The van der Waals surface area contributed by atoms with Crippen LogP contribution < -0.4 is 9.47 Å². The number of rotatable bonds is 8. The van der Waals surface area contributed by atoms with Crippen molar-refractivity contribution >= 4 is 11.9 Å². The van der Waals surface area contributed by atoms with Gasteiger partial charge in [-0.05, 0) is 19.1 Å². The Labute approximate surface area is 163 Å². The minimum Gasteiger partial charge on any atom is -0.488 e. The van der Waals surface area contributed by atoms with Crippen molar-refractivity contribution in [2.45, 2.75) is 13.0 Å². The van der Waals surface area contributed by atoms with Crippen LogP contribution in [0.3, 0.4) is 0 Å². The molecule has 0 saturated carbocycles. The summed E-state index contributed by atoms with van der Waals surface area (Å²) in [6, 6.07) is 4.66. The molecule has 0 aliphatic carbocycles. The number of nitrogens with zero attached hydrogens (tertiary/aromatic N) is 3. The molecule has 0 unspecified atom stereocenters. The van der Waals surface area contributed by atoms with Crippen LogP contribution in [0.4, 0.5) is 0 Å². The number of hydrogen-bond acceptors (Lipinski definition) is 8. The van der Waals surface area contributed by atoms with Crippen LogP contribution in [0.5, 0.6) is 17.4 Å². The van der Waals surface area contributed by atoms with Crippen molar-refractivity contribution in [1.82, 2.24) is 14.9 Å². The highest BCUT2D eigenvalue weighted by Gasteiger charge is 2.14. The lowest BCUT2D eigenvalue weighted by atomic mass is 10.2. The SMILES string of the molecule is COC[C@H](C)Oc1cc(Oc2cnc(C(=O)N(C)C)cn2)cc(C(=O)OC)c1. The smallest absolute Gasteiger partial charge is 0.338 e. The molecule has 0 N–H and O–H groups in total. The molecule has 0 fully saturated rings. The first-order valence-corrected chi connectivity index (χ1v) is 8.44. The Morgan fingerprint density at radius 3 is 2.36 bits per heavy atom. The van der Waals surface area contributed by atoms with Gasteiger partial charge in [0, 0.05) is 27.3 Å². The van der Waals surface area contributed by atoms with Crippen LogP contribution in [0.1, 0.15) is 27.8 Å². The fourth-order valence-corrected chi connectivity index (χ4v) is 2.26. The maximum absolute atomic E-state index is 11.9. The molecule has 1 heterocycles. The van der Waals surface area contributed by atoms with Gasteiger partial charge in [-0.25, -0.2) is 14.8 Å². The molecule has 150 valence electrons. The number of hydrogen-bond donors (Lipinski definition) is 0. The number of esters is 1.